The third-order valence-corrected chi connectivity index (χ3v) is 10.6. The highest BCUT2D eigenvalue weighted by atomic mass is 35.5. The quantitative estimate of drug-likeness (QED) is 0.472. The Morgan fingerprint density at radius 1 is 1.30 bits per heavy atom. The number of likely N-dealkylation sites (tertiary alicyclic amines) is 1. The highest BCUT2D eigenvalue weighted by Gasteiger charge is 2.55. The van der Waals surface area contributed by atoms with Gasteiger partial charge in [-0.3, -0.25) is 20.3 Å². The first-order valence-corrected chi connectivity index (χ1v) is 14.2. The summed E-state index contributed by atoms with van der Waals surface area (Å²) in [5.74, 6) is 3.34. The van der Waals surface area contributed by atoms with E-state index in [1.54, 1.807) is 0 Å². The molecule has 5 unspecified atom stereocenters. The molecule has 198 valence electrons. The van der Waals surface area contributed by atoms with E-state index in [0.717, 1.165) is 70.2 Å². The number of halogens is 1. The fraction of sp³-hybridized carbons (Fsp3) is 0.667. The zero-order valence-corrected chi connectivity index (χ0v) is 22.5. The van der Waals surface area contributed by atoms with Gasteiger partial charge in [-0.25, -0.2) is 4.98 Å². The van der Waals surface area contributed by atoms with Crippen molar-refractivity contribution in [2.45, 2.75) is 69.6 Å². The fourth-order valence-corrected chi connectivity index (χ4v) is 8.35. The van der Waals surface area contributed by atoms with Crippen LogP contribution in [0.3, 0.4) is 0 Å². The van der Waals surface area contributed by atoms with E-state index in [0.29, 0.717) is 23.9 Å². The van der Waals surface area contributed by atoms with Crippen LogP contribution in [-0.2, 0) is 17.9 Å². The van der Waals surface area contributed by atoms with Crippen LogP contribution in [0.5, 0.6) is 0 Å². The minimum Gasteiger partial charge on any atom is -0.346 e. The van der Waals surface area contributed by atoms with Gasteiger partial charge in [-0.1, -0.05) is 13.5 Å². The molecule has 9 nitrogen and oxygen atoms in total. The Labute approximate surface area is 223 Å². The lowest BCUT2D eigenvalue weighted by Crippen LogP contribution is -2.63. The van der Waals surface area contributed by atoms with Crippen LogP contribution in [0.2, 0.25) is 0 Å². The van der Waals surface area contributed by atoms with E-state index in [-0.39, 0.29) is 22.6 Å². The van der Waals surface area contributed by atoms with Crippen LogP contribution in [0.1, 0.15) is 55.2 Å². The third-order valence-electron chi connectivity index (χ3n) is 9.89. The average molecular weight is 525 g/mol. The van der Waals surface area contributed by atoms with Gasteiger partial charge in [0, 0.05) is 79.1 Å². The van der Waals surface area contributed by atoms with Crippen molar-refractivity contribution in [2.75, 3.05) is 31.1 Å². The van der Waals surface area contributed by atoms with Gasteiger partial charge in [-0.2, -0.15) is 5.10 Å². The second-order valence-electron chi connectivity index (χ2n) is 12.2. The van der Waals surface area contributed by atoms with Crippen LogP contribution >= 0.6 is 11.6 Å². The van der Waals surface area contributed by atoms with Crippen molar-refractivity contribution in [2.24, 2.45) is 17.3 Å². The number of imidazole rings is 1. The maximum Gasteiger partial charge on any atom is 0.245 e. The first kappa shape index (κ1) is 23.7. The summed E-state index contributed by atoms with van der Waals surface area (Å²) in [4.78, 5) is 20.9. The van der Waals surface area contributed by atoms with E-state index >= 15 is 0 Å². The number of anilines is 1. The van der Waals surface area contributed by atoms with E-state index < -0.39 is 0 Å². The maximum atomic E-state index is 12.0. The van der Waals surface area contributed by atoms with Crippen molar-refractivity contribution in [1.29, 1.82) is 0 Å². The molecule has 2 saturated carbocycles. The Kier molecular flexibility index (Phi) is 5.50. The summed E-state index contributed by atoms with van der Waals surface area (Å²) in [5, 5.41) is 5.44. The Morgan fingerprint density at radius 3 is 2.89 bits per heavy atom. The monoisotopic (exact) mass is 524 g/mol. The Hall–Kier alpha value is -2.36. The fourth-order valence-electron chi connectivity index (χ4n) is 7.93. The SMILES string of the molecule is C=CC(=O)N1CC2(CC(n3nc(N4CCn5ccnc5C4)c(C4C(Cl)C(C)CC5NNCC54)c3C)C2)C1. The second-order valence-corrected chi connectivity index (χ2v) is 12.7. The molecule has 1 amide bonds. The molecular formula is C27H37ClN8O. The number of nitrogens with one attached hydrogen (secondary N) is 2. The lowest BCUT2D eigenvalue weighted by atomic mass is 9.60. The molecule has 3 aliphatic heterocycles. The number of carbonyl (C=O) groups excluding carboxylic acids is 1. The van der Waals surface area contributed by atoms with Crippen LogP contribution in [0.15, 0.2) is 25.0 Å². The van der Waals surface area contributed by atoms with E-state index in [2.05, 4.69) is 56.6 Å². The standard InChI is InChI=1S/C27H37ClN8O/c1-4-22(37)35-14-27(15-35)10-18(11-27)36-17(3)23(24-19-12-30-31-20(19)9-16(2)25(24)28)26(32-36)34-8-7-33-6-5-29-21(33)13-34/h4-6,16,18-20,24-25,30-31H,1,7-15H2,2-3H3. The van der Waals surface area contributed by atoms with Crippen LogP contribution in [0, 0.1) is 24.2 Å². The topological polar surface area (TPSA) is 83.2 Å². The van der Waals surface area contributed by atoms with Crippen molar-refractivity contribution in [3.63, 3.8) is 0 Å². The van der Waals surface area contributed by atoms with E-state index in [9.17, 15) is 4.79 Å². The molecule has 0 bridgehead atoms. The summed E-state index contributed by atoms with van der Waals surface area (Å²) in [6.07, 6.45) is 8.63. The molecule has 7 rings (SSSR count). The van der Waals surface area contributed by atoms with Gasteiger partial charge < -0.3 is 14.4 Å². The molecule has 10 heteroatoms. The number of fused-ring (bicyclic) bond motifs is 2. The predicted octanol–water partition coefficient (Wildman–Crippen LogP) is 2.58. The van der Waals surface area contributed by atoms with Gasteiger partial charge in [0.2, 0.25) is 5.91 Å². The van der Waals surface area contributed by atoms with Gasteiger partial charge in [0.15, 0.2) is 5.82 Å². The minimum absolute atomic E-state index is 0.0466. The lowest BCUT2D eigenvalue weighted by Gasteiger charge is -2.58. The molecule has 2 aromatic rings. The molecule has 2 saturated heterocycles. The average Bonchev–Trinajstić information content (AvgIpc) is 3.57. The number of hydrogen-bond donors (Lipinski definition) is 2. The number of rotatable bonds is 4. The number of hydrazine groups is 1. The minimum atomic E-state index is 0.0466. The van der Waals surface area contributed by atoms with Crippen molar-refractivity contribution < 1.29 is 4.79 Å². The number of alkyl halides is 1. The van der Waals surface area contributed by atoms with Crippen molar-refractivity contribution >= 4 is 23.3 Å². The zero-order chi connectivity index (χ0) is 25.5. The molecule has 4 fully saturated rings. The maximum absolute atomic E-state index is 12.0. The van der Waals surface area contributed by atoms with Crippen LogP contribution in [-0.4, -0.2) is 67.7 Å². The van der Waals surface area contributed by atoms with Crippen molar-refractivity contribution in [3.8, 4) is 0 Å². The highest BCUT2D eigenvalue weighted by molar-refractivity contribution is 6.21. The van der Waals surface area contributed by atoms with Crippen LogP contribution in [0.25, 0.3) is 0 Å². The molecule has 5 atom stereocenters. The largest absolute Gasteiger partial charge is 0.346 e. The van der Waals surface area contributed by atoms with E-state index in [4.69, 9.17) is 16.7 Å². The van der Waals surface area contributed by atoms with Gasteiger partial charge in [-0.15, -0.1) is 11.6 Å². The normalized spacial score (nSPS) is 32.6. The first-order valence-electron chi connectivity index (χ1n) is 13.8. The Balaban J connectivity index is 1.23. The molecule has 0 aromatic carbocycles. The van der Waals surface area contributed by atoms with Gasteiger partial charge in [-0.05, 0) is 44.1 Å². The zero-order valence-electron chi connectivity index (χ0n) is 21.7. The summed E-state index contributed by atoms with van der Waals surface area (Å²) in [6, 6.07) is 0.798. The summed E-state index contributed by atoms with van der Waals surface area (Å²) >= 11 is 7.28. The van der Waals surface area contributed by atoms with Gasteiger partial charge in [0.1, 0.15) is 5.82 Å². The van der Waals surface area contributed by atoms with Crippen LogP contribution in [0.4, 0.5) is 5.82 Å². The molecule has 5 heterocycles. The molecule has 2 aliphatic carbocycles. The van der Waals surface area contributed by atoms with E-state index in [1.165, 1.54) is 17.3 Å². The number of aromatic nitrogens is 4. The molecule has 37 heavy (non-hydrogen) atoms. The molecule has 0 radical (unpaired) electrons. The molecule has 2 aromatic heterocycles. The number of carbonyl (C=O) groups is 1. The number of amides is 1. The molecule has 2 N–H and O–H groups in total. The smallest absolute Gasteiger partial charge is 0.245 e. The molecular weight excluding hydrogens is 488 g/mol. The lowest BCUT2D eigenvalue weighted by molar-refractivity contribution is -0.149. The second kappa shape index (κ2) is 8.58. The Bertz CT molecular complexity index is 1220. The third kappa shape index (κ3) is 3.61. The summed E-state index contributed by atoms with van der Waals surface area (Å²) in [7, 11) is 0. The molecule has 1 spiro atoms. The summed E-state index contributed by atoms with van der Waals surface area (Å²) in [5.41, 5.74) is 9.80. The van der Waals surface area contributed by atoms with Crippen molar-refractivity contribution in [1.82, 2.24) is 35.1 Å². The summed E-state index contributed by atoms with van der Waals surface area (Å²) in [6.45, 7) is 13.4. The Morgan fingerprint density at radius 2 is 2.11 bits per heavy atom. The van der Waals surface area contributed by atoms with Gasteiger partial charge in [0.05, 0.1) is 12.6 Å². The first-order chi connectivity index (χ1) is 17.9. The van der Waals surface area contributed by atoms with Gasteiger partial charge >= 0.3 is 0 Å². The molecule has 5 aliphatic rings. The van der Waals surface area contributed by atoms with Crippen LogP contribution < -0.4 is 15.8 Å². The number of nitrogens with zero attached hydrogens (tertiary/aromatic N) is 6. The van der Waals surface area contributed by atoms with Gasteiger partial charge in [0.25, 0.3) is 0 Å². The summed E-state index contributed by atoms with van der Waals surface area (Å²) < 4.78 is 4.55. The highest BCUT2D eigenvalue weighted by Crippen LogP contribution is 2.56. The van der Waals surface area contributed by atoms with E-state index in [1.807, 2.05) is 11.1 Å². The number of hydrogen-bond acceptors (Lipinski definition) is 6. The predicted molar refractivity (Wildman–Crippen MR) is 142 cm³/mol. The van der Waals surface area contributed by atoms with Crippen molar-refractivity contribution in [3.05, 3.63) is 42.1 Å².